The molecule has 0 aliphatic heterocycles. The van der Waals surface area contributed by atoms with E-state index in [1.807, 2.05) is 18.2 Å². The molecule has 1 aliphatic rings. The van der Waals surface area contributed by atoms with Crippen molar-refractivity contribution in [2.24, 2.45) is 0 Å². The van der Waals surface area contributed by atoms with Crippen molar-refractivity contribution in [2.45, 2.75) is 64.7 Å². The smallest absolute Gasteiger partial charge is 0.335 e. The Balaban J connectivity index is 1.82. The van der Waals surface area contributed by atoms with Gasteiger partial charge in [0.1, 0.15) is 5.75 Å². The average molecular weight is 443 g/mol. The fourth-order valence-electron chi connectivity index (χ4n) is 4.81. The van der Waals surface area contributed by atoms with Gasteiger partial charge in [0, 0.05) is 0 Å². The van der Waals surface area contributed by atoms with Crippen LogP contribution in [0.1, 0.15) is 75.4 Å². The second-order valence-corrected chi connectivity index (χ2v) is 10.5. The minimum atomic E-state index is -0.915. The van der Waals surface area contributed by atoms with E-state index in [4.69, 9.17) is 4.74 Å². The Morgan fingerprint density at radius 3 is 1.97 bits per heavy atom. The molecule has 0 bridgehead atoms. The second-order valence-electron chi connectivity index (χ2n) is 10.5. The van der Waals surface area contributed by atoms with Crippen molar-refractivity contribution < 1.29 is 14.6 Å². The maximum absolute atomic E-state index is 11.3. The molecule has 0 saturated heterocycles. The van der Waals surface area contributed by atoms with Gasteiger partial charge in [-0.1, -0.05) is 65.0 Å². The summed E-state index contributed by atoms with van der Waals surface area (Å²) in [7, 11) is 0. The molecule has 0 aromatic heterocycles. The Morgan fingerprint density at radius 2 is 1.36 bits per heavy atom. The molecule has 3 aromatic carbocycles. The predicted octanol–water partition coefficient (Wildman–Crippen LogP) is 7.86. The van der Waals surface area contributed by atoms with Crippen LogP contribution in [0, 0.1) is 0 Å². The summed E-state index contributed by atoms with van der Waals surface area (Å²) >= 11 is 0. The lowest BCUT2D eigenvalue weighted by molar-refractivity contribution is 0.0697. The zero-order valence-electron chi connectivity index (χ0n) is 20.4. The van der Waals surface area contributed by atoms with Gasteiger partial charge in [-0.3, -0.25) is 0 Å². The third kappa shape index (κ3) is 4.68. The molecule has 0 spiro atoms. The highest BCUT2D eigenvalue weighted by Crippen LogP contribution is 2.47. The van der Waals surface area contributed by atoms with Crippen LogP contribution in [0.25, 0.3) is 22.3 Å². The molecular formula is C30H34O3. The average Bonchev–Trinajstić information content (AvgIpc) is 2.80. The number of carboxylic acid groups (broad SMARTS) is 1. The van der Waals surface area contributed by atoms with Gasteiger partial charge in [-0.15, -0.1) is 0 Å². The second kappa shape index (κ2) is 8.70. The van der Waals surface area contributed by atoms with Crippen LogP contribution in [-0.4, -0.2) is 17.7 Å². The molecule has 0 radical (unpaired) electrons. The molecule has 172 valence electrons. The summed E-state index contributed by atoms with van der Waals surface area (Å²) in [5.74, 6) is -0.0779. The van der Waals surface area contributed by atoms with Gasteiger partial charge < -0.3 is 9.84 Å². The molecule has 33 heavy (non-hydrogen) atoms. The summed E-state index contributed by atoms with van der Waals surface area (Å²) < 4.78 is 6.03. The zero-order chi connectivity index (χ0) is 23.8. The van der Waals surface area contributed by atoms with E-state index >= 15 is 0 Å². The van der Waals surface area contributed by atoms with Crippen LogP contribution in [0.3, 0.4) is 0 Å². The SMILES string of the molecule is CCCOc1cc(-c2ccc(C(=O)O)cc2)cc(-c2ccc3c(c2)C(C)(C)CCC3(C)C)c1. The summed E-state index contributed by atoms with van der Waals surface area (Å²) in [5.41, 5.74) is 7.80. The lowest BCUT2D eigenvalue weighted by Gasteiger charge is -2.42. The van der Waals surface area contributed by atoms with Crippen molar-refractivity contribution in [3.63, 3.8) is 0 Å². The van der Waals surface area contributed by atoms with Crippen LogP contribution >= 0.6 is 0 Å². The Kier molecular flexibility index (Phi) is 6.09. The van der Waals surface area contributed by atoms with Crippen LogP contribution in [-0.2, 0) is 10.8 Å². The van der Waals surface area contributed by atoms with Gasteiger partial charge in [0.25, 0.3) is 0 Å². The highest BCUT2D eigenvalue weighted by molar-refractivity contribution is 5.88. The van der Waals surface area contributed by atoms with Gasteiger partial charge in [0.05, 0.1) is 12.2 Å². The van der Waals surface area contributed by atoms with E-state index in [1.54, 1.807) is 12.1 Å². The van der Waals surface area contributed by atoms with Crippen LogP contribution in [0.5, 0.6) is 5.75 Å². The quantitative estimate of drug-likeness (QED) is 0.423. The first-order valence-corrected chi connectivity index (χ1v) is 11.9. The predicted molar refractivity (Wildman–Crippen MR) is 135 cm³/mol. The number of benzene rings is 3. The van der Waals surface area contributed by atoms with E-state index in [2.05, 4.69) is 65.0 Å². The van der Waals surface area contributed by atoms with Gasteiger partial charge in [-0.25, -0.2) is 4.79 Å². The van der Waals surface area contributed by atoms with Gasteiger partial charge in [-0.2, -0.15) is 0 Å². The van der Waals surface area contributed by atoms with Crippen LogP contribution in [0.15, 0.2) is 60.7 Å². The van der Waals surface area contributed by atoms with Crippen LogP contribution < -0.4 is 4.74 Å². The summed E-state index contributed by atoms with van der Waals surface area (Å²) in [6, 6.07) is 20.3. The van der Waals surface area contributed by atoms with Gasteiger partial charge in [-0.05, 0) is 93.8 Å². The summed E-state index contributed by atoms with van der Waals surface area (Å²) in [6.07, 6.45) is 3.31. The third-order valence-electron chi connectivity index (χ3n) is 7.03. The largest absolute Gasteiger partial charge is 0.494 e. The first kappa shape index (κ1) is 23.1. The van der Waals surface area contributed by atoms with E-state index in [1.165, 1.54) is 29.5 Å². The molecule has 1 N–H and O–H groups in total. The first-order chi connectivity index (χ1) is 15.6. The van der Waals surface area contributed by atoms with Gasteiger partial charge in [0.15, 0.2) is 0 Å². The first-order valence-electron chi connectivity index (χ1n) is 11.9. The Bertz CT molecular complexity index is 1170. The fraction of sp³-hybridized carbons (Fsp3) is 0.367. The lowest BCUT2D eigenvalue weighted by Crippen LogP contribution is -2.33. The molecule has 0 atom stereocenters. The summed E-state index contributed by atoms with van der Waals surface area (Å²) in [5, 5.41) is 9.24. The van der Waals surface area contributed by atoms with Crippen molar-refractivity contribution in [1.82, 2.24) is 0 Å². The standard InChI is InChI=1S/C30H34O3/c1-6-15-33-25-17-23(20-7-9-21(10-8-20)28(31)32)16-24(18-25)22-11-12-26-27(19-22)30(4,5)14-13-29(26,2)3/h7-12,16-19H,6,13-15H2,1-5H3,(H,31,32). The number of fused-ring (bicyclic) bond motifs is 1. The van der Waals surface area contributed by atoms with E-state index < -0.39 is 5.97 Å². The number of ether oxygens (including phenoxy) is 1. The Morgan fingerprint density at radius 1 is 0.788 bits per heavy atom. The minimum absolute atomic E-state index is 0.146. The van der Waals surface area contributed by atoms with E-state index in [0.717, 1.165) is 28.9 Å². The number of hydrogen-bond acceptors (Lipinski definition) is 2. The Labute approximate surface area is 197 Å². The number of carboxylic acids is 1. The number of carbonyl (C=O) groups is 1. The van der Waals surface area contributed by atoms with Crippen molar-refractivity contribution in [3.8, 4) is 28.0 Å². The van der Waals surface area contributed by atoms with Gasteiger partial charge in [0.2, 0.25) is 0 Å². The van der Waals surface area contributed by atoms with Crippen molar-refractivity contribution in [1.29, 1.82) is 0 Å². The minimum Gasteiger partial charge on any atom is -0.494 e. The maximum atomic E-state index is 11.3. The molecular weight excluding hydrogens is 408 g/mol. The zero-order valence-corrected chi connectivity index (χ0v) is 20.4. The molecule has 3 heteroatoms. The fourth-order valence-corrected chi connectivity index (χ4v) is 4.81. The van der Waals surface area contributed by atoms with E-state index in [0.29, 0.717) is 6.61 Å². The molecule has 0 unspecified atom stereocenters. The molecule has 0 amide bonds. The molecule has 4 rings (SSSR count). The van der Waals surface area contributed by atoms with Crippen molar-refractivity contribution in [2.75, 3.05) is 6.61 Å². The summed E-state index contributed by atoms with van der Waals surface area (Å²) in [4.78, 5) is 11.3. The monoisotopic (exact) mass is 442 g/mol. The van der Waals surface area contributed by atoms with Crippen molar-refractivity contribution >= 4 is 5.97 Å². The molecule has 0 heterocycles. The molecule has 1 aliphatic carbocycles. The number of hydrogen-bond donors (Lipinski definition) is 1. The molecule has 0 fully saturated rings. The third-order valence-corrected chi connectivity index (χ3v) is 7.03. The lowest BCUT2D eigenvalue weighted by atomic mass is 9.63. The highest BCUT2D eigenvalue weighted by Gasteiger charge is 2.37. The van der Waals surface area contributed by atoms with E-state index in [-0.39, 0.29) is 16.4 Å². The number of aromatic carboxylic acids is 1. The molecule has 3 aromatic rings. The van der Waals surface area contributed by atoms with Gasteiger partial charge >= 0.3 is 5.97 Å². The van der Waals surface area contributed by atoms with Crippen LogP contribution in [0.4, 0.5) is 0 Å². The maximum Gasteiger partial charge on any atom is 0.335 e. The highest BCUT2D eigenvalue weighted by atomic mass is 16.5. The summed E-state index contributed by atoms with van der Waals surface area (Å²) in [6.45, 7) is 12.1. The Hall–Kier alpha value is -3.07. The molecule has 0 saturated carbocycles. The van der Waals surface area contributed by atoms with E-state index in [9.17, 15) is 9.90 Å². The van der Waals surface area contributed by atoms with Crippen LogP contribution in [0.2, 0.25) is 0 Å². The normalized spacial score (nSPS) is 16.2. The topological polar surface area (TPSA) is 46.5 Å². The molecule has 3 nitrogen and oxygen atoms in total. The number of rotatable bonds is 6. The van der Waals surface area contributed by atoms with Crippen molar-refractivity contribution in [3.05, 3.63) is 77.4 Å².